The number of Topliss-reactive ketones (excluding diaryl/α,β-unsaturated/α-hetero) is 1. The molecule has 180 valence electrons. The smallest absolute Gasteiger partial charge is 0.292 e. The molecular formula is C26H39N5O2. The van der Waals surface area contributed by atoms with Crippen molar-refractivity contribution in [2.45, 2.75) is 53.4 Å². The highest BCUT2D eigenvalue weighted by atomic mass is 16.4. The highest BCUT2D eigenvalue weighted by molar-refractivity contribution is 5.91. The Bertz CT molecular complexity index is 925. The molecule has 0 aliphatic carbocycles. The van der Waals surface area contributed by atoms with Crippen LogP contribution in [0.15, 0.2) is 52.7 Å². The van der Waals surface area contributed by atoms with Crippen LogP contribution in [-0.4, -0.2) is 29.6 Å². The Hall–Kier alpha value is -3.19. The van der Waals surface area contributed by atoms with Crippen molar-refractivity contribution in [3.05, 3.63) is 60.1 Å². The van der Waals surface area contributed by atoms with Gasteiger partial charge in [-0.25, -0.2) is 0 Å². The largest absolute Gasteiger partial charge is 0.432 e. The summed E-state index contributed by atoms with van der Waals surface area (Å²) in [5.74, 6) is 0.655. The molecule has 0 atom stereocenters. The standard InChI is InChI=1S/C17H25N3.C5H6N2O2.C4H8/c1-13-11-15(3-4-17(13)18)7-10-20-14(2)12-16-5-8-19-9-6-16;1-3(8)4-2-9-5(6)7-4;1-3-4-2/h3-4,7,10-11,16,19H,5-6,8-9,12,18H2,1-2H3;2H,1H3,(H2,6,7);3H,1,4H2,2H3/b10-7+,20-14?;;. The van der Waals surface area contributed by atoms with Crippen LogP contribution in [0, 0.1) is 12.8 Å². The average molecular weight is 454 g/mol. The Kier molecular flexibility index (Phi) is 13.2. The van der Waals surface area contributed by atoms with Crippen molar-refractivity contribution in [2.75, 3.05) is 24.6 Å². The molecule has 1 aliphatic rings. The number of oxazole rings is 1. The first kappa shape index (κ1) is 27.8. The van der Waals surface area contributed by atoms with Crippen molar-refractivity contribution in [2.24, 2.45) is 10.9 Å². The molecule has 1 aromatic heterocycles. The number of aliphatic imine (C=N–C) groups is 1. The average Bonchev–Trinajstić information content (AvgIpc) is 3.24. The molecule has 0 unspecified atom stereocenters. The molecule has 1 fully saturated rings. The molecule has 0 spiro atoms. The van der Waals surface area contributed by atoms with Gasteiger partial charge in [0.05, 0.1) is 0 Å². The zero-order valence-corrected chi connectivity index (χ0v) is 20.4. The first-order valence-electron chi connectivity index (χ1n) is 11.4. The van der Waals surface area contributed by atoms with E-state index in [0.717, 1.165) is 48.7 Å². The van der Waals surface area contributed by atoms with Crippen LogP contribution in [0.2, 0.25) is 0 Å². The number of hydrogen-bond donors (Lipinski definition) is 3. The van der Waals surface area contributed by atoms with Gasteiger partial charge in [0, 0.05) is 24.5 Å². The van der Waals surface area contributed by atoms with Crippen LogP contribution in [0.3, 0.4) is 0 Å². The fourth-order valence-electron chi connectivity index (χ4n) is 3.06. The number of carbonyl (C=O) groups excluding carboxylic acids is 1. The number of aromatic nitrogens is 1. The van der Waals surface area contributed by atoms with Crippen LogP contribution in [-0.2, 0) is 0 Å². The van der Waals surface area contributed by atoms with Gasteiger partial charge < -0.3 is 21.2 Å². The number of nitrogens with one attached hydrogen (secondary N) is 1. The summed E-state index contributed by atoms with van der Waals surface area (Å²) in [6.45, 7) is 13.4. The van der Waals surface area contributed by atoms with E-state index in [1.54, 1.807) is 0 Å². The third kappa shape index (κ3) is 11.8. The van der Waals surface area contributed by atoms with E-state index in [-0.39, 0.29) is 17.5 Å². The number of hydrogen-bond acceptors (Lipinski definition) is 7. The third-order valence-electron chi connectivity index (χ3n) is 5.07. The third-order valence-corrected chi connectivity index (χ3v) is 5.07. The van der Waals surface area contributed by atoms with Crippen molar-refractivity contribution in [1.82, 2.24) is 10.3 Å². The minimum atomic E-state index is -0.143. The summed E-state index contributed by atoms with van der Waals surface area (Å²) in [6, 6.07) is 6.08. The second kappa shape index (κ2) is 15.6. The summed E-state index contributed by atoms with van der Waals surface area (Å²) in [5.41, 5.74) is 15.5. The lowest BCUT2D eigenvalue weighted by Gasteiger charge is -2.22. The zero-order valence-electron chi connectivity index (χ0n) is 20.4. The molecule has 0 saturated carbocycles. The zero-order chi connectivity index (χ0) is 24.6. The molecule has 1 aromatic carbocycles. The van der Waals surface area contributed by atoms with Gasteiger partial charge in [-0.2, -0.15) is 4.98 Å². The maximum atomic E-state index is 10.5. The molecule has 5 N–H and O–H groups in total. The van der Waals surface area contributed by atoms with E-state index >= 15 is 0 Å². The van der Waals surface area contributed by atoms with E-state index < -0.39 is 0 Å². The molecule has 7 nitrogen and oxygen atoms in total. The van der Waals surface area contributed by atoms with Gasteiger partial charge in [-0.05, 0) is 87.9 Å². The number of nitrogen functional groups attached to an aromatic ring is 2. The van der Waals surface area contributed by atoms with Crippen molar-refractivity contribution < 1.29 is 9.21 Å². The van der Waals surface area contributed by atoms with Gasteiger partial charge >= 0.3 is 0 Å². The Labute approximate surface area is 198 Å². The van der Waals surface area contributed by atoms with Gasteiger partial charge in [-0.3, -0.25) is 9.79 Å². The summed E-state index contributed by atoms with van der Waals surface area (Å²) < 4.78 is 4.57. The van der Waals surface area contributed by atoms with E-state index in [9.17, 15) is 4.79 Å². The van der Waals surface area contributed by atoms with Gasteiger partial charge in [-0.1, -0.05) is 19.1 Å². The molecule has 2 aromatic rings. The lowest BCUT2D eigenvalue weighted by atomic mass is 9.93. The SMILES string of the molecule is C=CCC.CC(=O)c1coc(N)n1.CC(CC1CCNCC1)=N/C=C/c1ccc(N)c(C)c1. The monoisotopic (exact) mass is 453 g/mol. The number of ketones is 1. The first-order chi connectivity index (χ1) is 15.8. The van der Waals surface area contributed by atoms with Crippen LogP contribution < -0.4 is 16.8 Å². The number of nitrogens with two attached hydrogens (primary N) is 2. The highest BCUT2D eigenvalue weighted by Crippen LogP contribution is 2.17. The van der Waals surface area contributed by atoms with Gasteiger partial charge in [0.2, 0.25) is 0 Å². The molecule has 0 amide bonds. The second-order valence-electron chi connectivity index (χ2n) is 8.02. The van der Waals surface area contributed by atoms with E-state index in [1.165, 1.54) is 31.7 Å². The van der Waals surface area contributed by atoms with Crippen LogP contribution in [0.1, 0.15) is 68.1 Å². The summed E-state index contributed by atoms with van der Waals surface area (Å²) in [7, 11) is 0. The van der Waals surface area contributed by atoms with E-state index in [2.05, 4.69) is 46.2 Å². The quantitative estimate of drug-likeness (QED) is 0.232. The molecule has 2 heterocycles. The van der Waals surface area contributed by atoms with Crippen LogP contribution in [0.25, 0.3) is 6.08 Å². The fourth-order valence-corrected chi connectivity index (χ4v) is 3.06. The molecule has 33 heavy (non-hydrogen) atoms. The second-order valence-corrected chi connectivity index (χ2v) is 8.02. The van der Waals surface area contributed by atoms with E-state index in [4.69, 9.17) is 11.5 Å². The number of anilines is 2. The fraction of sp³-hybridized carbons (Fsp3) is 0.423. The van der Waals surface area contributed by atoms with Crippen molar-refractivity contribution >= 4 is 29.3 Å². The van der Waals surface area contributed by atoms with E-state index in [0.29, 0.717) is 0 Å². The van der Waals surface area contributed by atoms with Gasteiger partial charge in [0.25, 0.3) is 6.01 Å². The number of carbonyl (C=O) groups is 1. The molecule has 0 radical (unpaired) electrons. The minimum Gasteiger partial charge on any atom is -0.432 e. The summed E-state index contributed by atoms with van der Waals surface area (Å²) in [4.78, 5) is 18.6. The number of allylic oxidation sites excluding steroid dienone is 1. The lowest BCUT2D eigenvalue weighted by Crippen LogP contribution is -2.28. The van der Waals surface area contributed by atoms with Crippen LogP contribution in [0.4, 0.5) is 11.7 Å². The highest BCUT2D eigenvalue weighted by Gasteiger charge is 2.13. The first-order valence-corrected chi connectivity index (χ1v) is 11.4. The molecule has 1 saturated heterocycles. The predicted octanol–water partition coefficient (Wildman–Crippen LogP) is 5.44. The normalized spacial score (nSPS) is 14.1. The number of piperidine rings is 1. The predicted molar refractivity (Wildman–Crippen MR) is 139 cm³/mol. The van der Waals surface area contributed by atoms with Gasteiger partial charge in [0.15, 0.2) is 5.78 Å². The Morgan fingerprint density at radius 2 is 1.97 bits per heavy atom. The Balaban J connectivity index is 0.000000345. The Morgan fingerprint density at radius 1 is 1.30 bits per heavy atom. The maximum Gasteiger partial charge on any atom is 0.292 e. The maximum absolute atomic E-state index is 10.5. The molecule has 3 rings (SSSR count). The van der Waals surface area contributed by atoms with Crippen LogP contribution in [0.5, 0.6) is 0 Å². The van der Waals surface area contributed by atoms with Crippen molar-refractivity contribution in [3.63, 3.8) is 0 Å². The number of aryl methyl sites for hydroxylation is 1. The number of nitrogens with zero attached hydrogens (tertiary/aromatic N) is 2. The number of benzene rings is 1. The van der Waals surface area contributed by atoms with Gasteiger partial charge in [-0.15, -0.1) is 6.58 Å². The summed E-state index contributed by atoms with van der Waals surface area (Å²) >= 11 is 0. The van der Waals surface area contributed by atoms with Gasteiger partial charge in [0.1, 0.15) is 12.0 Å². The summed E-state index contributed by atoms with van der Waals surface area (Å²) in [6.07, 6.45) is 11.8. The lowest BCUT2D eigenvalue weighted by molar-refractivity contribution is 0.101. The topological polar surface area (TPSA) is 120 Å². The molecular weight excluding hydrogens is 414 g/mol. The van der Waals surface area contributed by atoms with Crippen molar-refractivity contribution in [3.8, 4) is 0 Å². The number of rotatable bonds is 6. The molecule has 7 heteroatoms. The Morgan fingerprint density at radius 3 is 2.45 bits per heavy atom. The van der Waals surface area contributed by atoms with Crippen LogP contribution >= 0.6 is 0 Å². The van der Waals surface area contributed by atoms with E-state index in [1.807, 2.05) is 37.4 Å². The summed E-state index contributed by atoms with van der Waals surface area (Å²) in [5, 5.41) is 3.40. The minimum absolute atomic E-state index is 0.0280. The molecule has 0 bridgehead atoms. The van der Waals surface area contributed by atoms with Crippen molar-refractivity contribution in [1.29, 1.82) is 0 Å². The molecule has 1 aliphatic heterocycles.